The molecule has 2 heterocycles. The van der Waals surface area contributed by atoms with Crippen molar-refractivity contribution in [3.8, 4) is 0 Å². The Morgan fingerprint density at radius 3 is 2.43 bits per heavy atom. The molecule has 0 saturated heterocycles. The number of aromatic nitrogens is 2. The minimum Gasteiger partial charge on any atom is -0.288 e. The molecule has 0 atom stereocenters. The number of amides is 2. The predicted octanol–water partition coefficient (Wildman–Crippen LogP) is 3.00. The molecule has 0 fully saturated rings. The van der Waals surface area contributed by atoms with E-state index in [1.807, 2.05) is 5.32 Å². The summed E-state index contributed by atoms with van der Waals surface area (Å²) in [5.41, 5.74) is -1.06. The van der Waals surface area contributed by atoms with Gasteiger partial charge in [0, 0.05) is 23.0 Å². The first kappa shape index (κ1) is 17.3. The number of carbonyl (C=O) groups excluding carboxylic acids is 2. The van der Waals surface area contributed by atoms with Crippen LogP contribution in [0, 0.1) is 0 Å². The molecule has 5 nitrogen and oxygen atoms in total. The normalized spacial score (nSPS) is 11.1. The first-order chi connectivity index (χ1) is 10.8. The molecule has 0 aliphatic carbocycles. The first-order valence-corrected chi connectivity index (χ1v) is 7.73. The number of carbonyl (C=O) groups is 2. The smallest absolute Gasteiger partial charge is 0.288 e. The molecule has 2 rings (SSSR count). The highest BCUT2D eigenvalue weighted by Gasteiger charge is 2.35. The van der Waals surface area contributed by atoms with Gasteiger partial charge >= 0.3 is 6.18 Å². The van der Waals surface area contributed by atoms with Crippen molar-refractivity contribution >= 4 is 34.4 Å². The van der Waals surface area contributed by atoms with Crippen molar-refractivity contribution in [2.45, 2.75) is 10.6 Å². The topological polar surface area (TPSA) is 72.0 Å². The van der Waals surface area contributed by atoms with Gasteiger partial charge in [-0.3, -0.25) is 24.9 Å². The molecule has 0 radical (unpaired) electrons. The highest BCUT2D eigenvalue weighted by Crippen LogP contribution is 2.31. The van der Waals surface area contributed by atoms with Crippen LogP contribution in [0.3, 0.4) is 0 Å². The van der Waals surface area contributed by atoms with Crippen molar-refractivity contribution in [3.05, 3.63) is 59.2 Å². The van der Waals surface area contributed by atoms with Crippen LogP contribution in [0.15, 0.2) is 36.8 Å². The molecule has 120 valence electrons. The molecular formula is C14H9F3IN3O2. The number of nitrogens with one attached hydrogen (secondary N) is 1. The average Bonchev–Trinajstić information content (AvgIpc) is 2.54. The van der Waals surface area contributed by atoms with Gasteiger partial charge in [-0.05, 0) is 18.2 Å². The number of pyridine rings is 2. The van der Waals surface area contributed by atoms with E-state index in [1.54, 1.807) is 6.07 Å². The predicted molar refractivity (Wildman–Crippen MR) is 83.0 cm³/mol. The maximum atomic E-state index is 12.8. The van der Waals surface area contributed by atoms with Gasteiger partial charge in [0.25, 0.3) is 11.8 Å². The van der Waals surface area contributed by atoms with Gasteiger partial charge in [0.05, 0.1) is 22.4 Å². The van der Waals surface area contributed by atoms with Crippen molar-refractivity contribution in [2.75, 3.05) is 0 Å². The third-order valence-corrected chi connectivity index (χ3v) is 3.60. The van der Waals surface area contributed by atoms with Crippen LogP contribution >= 0.6 is 22.6 Å². The van der Waals surface area contributed by atoms with Crippen LogP contribution in [0.4, 0.5) is 13.2 Å². The average molecular weight is 435 g/mol. The van der Waals surface area contributed by atoms with Gasteiger partial charge in [-0.15, -0.1) is 0 Å². The van der Waals surface area contributed by atoms with Crippen LogP contribution in [0.2, 0.25) is 0 Å². The molecule has 0 bridgehead atoms. The Morgan fingerprint density at radius 1 is 1.13 bits per heavy atom. The second-order valence-electron chi connectivity index (χ2n) is 4.37. The highest BCUT2D eigenvalue weighted by atomic mass is 127. The van der Waals surface area contributed by atoms with Gasteiger partial charge in [-0.25, -0.2) is 0 Å². The number of alkyl halides is 4. The van der Waals surface area contributed by atoms with Crippen molar-refractivity contribution < 1.29 is 22.8 Å². The lowest BCUT2D eigenvalue weighted by atomic mass is 10.1. The molecule has 0 spiro atoms. The molecule has 1 N–H and O–H groups in total. The van der Waals surface area contributed by atoms with E-state index in [1.165, 1.54) is 12.3 Å². The Hall–Kier alpha value is -2.04. The van der Waals surface area contributed by atoms with E-state index in [4.69, 9.17) is 0 Å². The third kappa shape index (κ3) is 4.24. The third-order valence-electron chi connectivity index (χ3n) is 2.82. The maximum Gasteiger partial charge on any atom is 0.417 e. The van der Waals surface area contributed by atoms with E-state index in [9.17, 15) is 22.8 Å². The van der Waals surface area contributed by atoms with Crippen LogP contribution in [0.1, 0.15) is 32.0 Å². The molecule has 2 amide bonds. The van der Waals surface area contributed by atoms with Crippen LogP contribution < -0.4 is 5.32 Å². The molecule has 2 aromatic rings. The summed E-state index contributed by atoms with van der Waals surface area (Å²) in [5.74, 6) is -2.01. The van der Waals surface area contributed by atoms with E-state index in [0.29, 0.717) is 10.5 Å². The van der Waals surface area contributed by atoms with E-state index in [2.05, 4.69) is 32.6 Å². The van der Waals surface area contributed by atoms with E-state index in [0.717, 1.165) is 18.1 Å². The van der Waals surface area contributed by atoms with Crippen molar-refractivity contribution in [3.63, 3.8) is 0 Å². The lowest BCUT2D eigenvalue weighted by Crippen LogP contribution is -2.32. The van der Waals surface area contributed by atoms with Gasteiger partial charge in [0.2, 0.25) is 0 Å². The summed E-state index contributed by atoms with van der Waals surface area (Å²) in [4.78, 5) is 31.3. The fourth-order valence-electron chi connectivity index (χ4n) is 1.70. The molecule has 9 heteroatoms. The summed E-state index contributed by atoms with van der Waals surface area (Å²) < 4.78 is 39.2. The van der Waals surface area contributed by atoms with Crippen LogP contribution in [0.5, 0.6) is 0 Å². The lowest BCUT2D eigenvalue weighted by Gasteiger charge is -2.11. The summed E-state index contributed by atoms with van der Waals surface area (Å²) in [6.45, 7) is 0. The van der Waals surface area contributed by atoms with Crippen LogP contribution in [0.25, 0.3) is 0 Å². The van der Waals surface area contributed by atoms with Gasteiger partial charge < -0.3 is 0 Å². The number of imide groups is 1. The Labute approximate surface area is 142 Å². The Kier molecular flexibility index (Phi) is 5.29. The Balaban J connectivity index is 2.20. The summed E-state index contributed by atoms with van der Waals surface area (Å²) in [7, 11) is 0. The van der Waals surface area contributed by atoms with Gasteiger partial charge in [0.15, 0.2) is 0 Å². The second-order valence-corrected chi connectivity index (χ2v) is 5.14. The van der Waals surface area contributed by atoms with E-state index < -0.39 is 29.1 Å². The molecule has 0 aliphatic rings. The fraction of sp³-hybridized carbons (Fsp3) is 0.143. The molecular weight excluding hydrogens is 426 g/mol. The zero-order valence-electron chi connectivity index (χ0n) is 11.4. The monoisotopic (exact) mass is 435 g/mol. The van der Waals surface area contributed by atoms with Crippen molar-refractivity contribution in [1.29, 1.82) is 0 Å². The maximum absolute atomic E-state index is 12.8. The van der Waals surface area contributed by atoms with Crippen molar-refractivity contribution in [1.82, 2.24) is 15.3 Å². The van der Waals surface area contributed by atoms with E-state index in [-0.39, 0.29) is 5.56 Å². The number of rotatable bonds is 3. The van der Waals surface area contributed by atoms with Crippen LogP contribution in [-0.4, -0.2) is 21.8 Å². The number of hydrogen-bond acceptors (Lipinski definition) is 4. The lowest BCUT2D eigenvalue weighted by molar-refractivity contribution is -0.138. The molecule has 0 saturated carbocycles. The van der Waals surface area contributed by atoms with Crippen molar-refractivity contribution in [2.24, 2.45) is 0 Å². The zero-order valence-corrected chi connectivity index (χ0v) is 13.6. The molecule has 0 aromatic carbocycles. The Bertz CT molecular complexity index is 733. The van der Waals surface area contributed by atoms with E-state index >= 15 is 0 Å². The summed E-state index contributed by atoms with van der Waals surface area (Å²) in [5, 5.41) is 1.90. The largest absolute Gasteiger partial charge is 0.417 e. The zero-order chi connectivity index (χ0) is 17.0. The molecule has 0 unspecified atom stereocenters. The first-order valence-electron chi connectivity index (χ1n) is 6.20. The number of halogens is 4. The summed E-state index contributed by atoms with van der Waals surface area (Å²) in [6.07, 6.45) is -1.77. The molecule has 0 aliphatic heterocycles. The van der Waals surface area contributed by atoms with Gasteiger partial charge in [-0.1, -0.05) is 22.6 Å². The van der Waals surface area contributed by atoms with Gasteiger partial charge in [-0.2, -0.15) is 13.2 Å². The molecule has 23 heavy (non-hydrogen) atoms. The quantitative estimate of drug-likeness (QED) is 0.457. The number of nitrogens with zero attached hydrogens (tertiary/aromatic N) is 2. The standard InChI is InChI=1S/C14H9F3IN3O2/c15-14(16,17)11-3-4-19-7-10(11)13(23)21-12(22)8-1-2-9(5-18)20-6-8/h1-4,6-7H,5H2,(H,21,22,23). The Morgan fingerprint density at radius 2 is 1.87 bits per heavy atom. The minimum atomic E-state index is -4.72. The second kappa shape index (κ2) is 7.02. The summed E-state index contributed by atoms with van der Waals surface area (Å²) >= 11 is 2.09. The number of hydrogen-bond donors (Lipinski definition) is 1. The molecule has 2 aromatic heterocycles. The van der Waals surface area contributed by atoms with Gasteiger partial charge in [0.1, 0.15) is 0 Å². The highest BCUT2D eigenvalue weighted by molar-refractivity contribution is 14.1. The summed E-state index contributed by atoms with van der Waals surface area (Å²) in [6, 6.07) is 3.71. The van der Waals surface area contributed by atoms with Crippen LogP contribution in [-0.2, 0) is 10.6 Å². The minimum absolute atomic E-state index is 0.0735. The fourth-order valence-corrected chi connectivity index (χ4v) is 2.15. The SMILES string of the molecule is O=C(NC(=O)c1cnccc1C(F)(F)F)c1ccc(CI)nc1.